The number of aryl methyl sites for hydroxylation is 1. The van der Waals surface area contributed by atoms with Crippen LogP contribution in [0.25, 0.3) is 0 Å². The fourth-order valence-electron chi connectivity index (χ4n) is 1.96. The Morgan fingerprint density at radius 2 is 1.89 bits per heavy atom. The van der Waals surface area contributed by atoms with Crippen LogP contribution in [0.1, 0.15) is 43.1 Å². The molecule has 0 radical (unpaired) electrons. The van der Waals surface area contributed by atoms with Crippen molar-refractivity contribution in [1.82, 2.24) is 9.55 Å². The van der Waals surface area contributed by atoms with Crippen LogP contribution < -0.4 is 0 Å². The van der Waals surface area contributed by atoms with Crippen LogP contribution in [0.2, 0.25) is 0 Å². The van der Waals surface area contributed by atoms with Gasteiger partial charge in [-0.15, -0.1) is 0 Å². The van der Waals surface area contributed by atoms with Crippen molar-refractivity contribution in [2.75, 3.05) is 0 Å². The van der Waals surface area contributed by atoms with Gasteiger partial charge < -0.3 is 0 Å². The summed E-state index contributed by atoms with van der Waals surface area (Å²) < 4.78 is 1.53. The van der Waals surface area contributed by atoms with E-state index in [1.165, 1.54) is 15.7 Å². The van der Waals surface area contributed by atoms with Gasteiger partial charge in [-0.2, -0.15) is 0 Å². The molecule has 0 unspecified atom stereocenters. The molecular formula is C16H20N2O. The van der Waals surface area contributed by atoms with Gasteiger partial charge in [-0.05, 0) is 23.0 Å². The summed E-state index contributed by atoms with van der Waals surface area (Å²) in [6, 6.07) is 8.53. The van der Waals surface area contributed by atoms with Gasteiger partial charge in [-0.3, -0.25) is 9.36 Å². The minimum Gasteiger partial charge on any atom is -0.276 e. The Hall–Kier alpha value is -1.90. The molecule has 0 bridgehead atoms. The molecule has 2 rings (SSSR count). The normalized spacial score (nSPS) is 11.5. The number of benzene rings is 1. The summed E-state index contributed by atoms with van der Waals surface area (Å²) in [5.74, 6) is 0.0809. The molecule has 0 aliphatic rings. The molecule has 1 aromatic carbocycles. The van der Waals surface area contributed by atoms with E-state index in [0.717, 1.165) is 6.42 Å². The molecule has 3 nitrogen and oxygen atoms in total. The zero-order chi connectivity index (χ0) is 13.9. The maximum absolute atomic E-state index is 11.8. The average Bonchev–Trinajstić information content (AvgIpc) is 2.89. The Kier molecular flexibility index (Phi) is 3.84. The van der Waals surface area contributed by atoms with Crippen molar-refractivity contribution in [3.63, 3.8) is 0 Å². The van der Waals surface area contributed by atoms with Crippen LogP contribution in [0.5, 0.6) is 0 Å². The number of hydrogen-bond acceptors (Lipinski definition) is 2. The first-order valence-corrected chi connectivity index (χ1v) is 6.57. The molecule has 0 saturated carbocycles. The summed E-state index contributed by atoms with van der Waals surface area (Å²) in [6.45, 7) is 6.60. The van der Waals surface area contributed by atoms with Crippen LogP contribution in [0.3, 0.4) is 0 Å². The first-order valence-electron chi connectivity index (χ1n) is 6.57. The van der Waals surface area contributed by atoms with Gasteiger partial charge in [-0.25, -0.2) is 4.98 Å². The van der Waals surface area contributed by atoms with Gasteiger partial charge in [0, 0.05) is 18.8 Å². The number of nitrogens with zero attached hydrogens (tertiary/aromatic N) is 2. The van der Waals surface area contributed by atoms with Gasteiger partial charge in [0.1, 0.15) is 6.33 Å². The molecule has 0 aliphatic heterocycles. The number of imidazole rings is 1. The molecule has 0 saturated heterocycles. The second kappa shape index (κ2) is 5.39. The quantitative estimate of drug-likeness (QED) is 0.843. The van der Waals surface area contributed by atoms with Gasteiger partial charge in [0.15, 0.2) is 0 Å². The molecule has 0 fully saturated rings. The molecule has 0 aliphatic carbocycles. The molecule has 0 N–H and O–H groups in total. The fraction of sp³-hybridized carbons (Fsp3) is 0.375. The van der Waals surface area contributed by atoms with E-state index in [0.29, 0.717) is 6.42 Å². The lowest BCUT2D eigenvalue weighted by atomic mass is 9.86. The van der Waals surface area contributed by atoms with E-state index in [2.05, 4.69) is 50.0 Å². The third-order valence-electron chi connectivity index (χ3n) is 3.24. The molecule has 1 aromatic heterocycles. The van der Waals surface area contributed by atoms with Crippen molar-refractivity contribution in [3.05, 3.63) is 54.1 Å². The van der Waals surface area contributed by atoms with Crippen molar-refractivity contribution in [3.8, 4) is 0 Å². The predicted molar refractivity (Wildman–Crippen MR) is 76.3 cm³/mol. The van der Waals surface area contributed by atoms with Crippen LogP contribution in [0, 0.1) is 0 Å². The smallest absolute Gasteiger partial charge is 0.232 e. The zero-order valence-electron chi connectivity index (χ0n) is 11.8. The number of hydrogen-bond donors (Lipinski definition) is 0. The first kappa shape index (κ1) is 13.5. The van der Waals surface area contributed by atoms with Crippen LogP contribution >= 0.6 is 0 Å². The van der Waals surface area contributed by atoms with E-state index in [4.69, 9.17) is 0 Å². The summed E-state index contributed by atoms with van der Waals surface area (Å²) in [5.41, 5.74) is 2.68. The molecule has 0 amide bonds. The highest BCUT2D eigenvalue weighted by Crippen LogP contribution is 2.22. The summed E-state index contributed by atoms with van der Waals surface area (Å²) in [4.78, 5) is 15.7. The number of rotatable bonds is 3. The number of carbonyl (C=O) groups is 1. The Labute approximate surface area is 114 Å². The van der Waals surface area contributed by atoms with Crippen LogP contribution in [-0.2, 0) is 11.8 Å². The van der Waals surface area contributed by atoms with E-state index in [-0.39, 0.29) is 11.3 Å². The Morgan fingerprint density at radius 3 is 2.42 bits per heavy atom. The lowest BCUT2D eigenvalue weighted by molar-refractivity contribution is 0.0903. The lowest BCUT2D eigenvalue weighted by Crippen LogP contribution is -2.11. The summed E-state index contributed by atoms with van der Waals surface area (Å²) in [5, 5.41) is 0. The molecule has 1 heterocycles. The summed E-state index contributed by atoms with van der Waals surface area (Å²) >= 11 is 0. The largest absolute Gasteiger partial charge is 0.276 e. The van der Waals surface area contributed by atoms with Gasteiger partial charge in [0.05, 0.1) is 0 Å². The van der Waals surface area contributed by atoms with Crippen molar-refractivity contribution in [2.24, 2.45) is 0 Å². The van der Waals surface area contributed by atoms with Crippen LogP contribution in [0.4, 0.5) is 0 Å². The second-order valence-electron chi connectivity index (χ2n) is 5.81. The van der Waals surface area contributed by atoms with E-state index >= 15 is 0 Å². The predicted octanol–water partition coefficient (Wildman–Crippen LogP) is 3.45. The summed E-state index contributed by atoms with van der Waals surface area (Å²) in [7, 11) is 0. The minimum atomic E-state index is 0.0809. The highest BCUT2D eigenvalue weighted by Gasteiger charge is 2.13. The highest BCUT2D eigenvalue weighted by atomic mass is 16.2. The third kappa shape index (κ3) is 3.53. The van der Waals surface area contributed by atoms with Crippen molar-refractivity contribution in [1.29, 1.82) is 0 Å². The van der Waals surface area contributed by atoms with Crippen LogP contribution in [0.15, 0.2) is 43.0 Å². The Morgan fingerprint density at radius 1 is 1.21 bits per heavy atom. The van der Waals surface area contributed by atoms with Gasteiger partial charge in [0.2, 0.25) is 5.91 Å². The molecule has 0 atom stereocenters. The monoisotopic (exact) mass is 256 g/mol. The van der Waals surface area contributed by atoms with E-state index in [1.54, 1.807) is 18.7 Å². The third-order valence-corrected chi connectivity index (χ3v) is 3.24. The van der Waals surface area contributed by atoms with Gasteiger partial charge in [0.25, 0.3) is 0 Å². The topological polar surface area (TPSA) is 34.9 Å². The van der Waals surface area contributed by atoms with E-state index in [9.17, 15) is 4.79 Å². The average molecular weight is 256 g/mol. The molecule has 3 heteroatoms. The maximum atomic E-state index is 11.8. The molecular weight excluding hydrogens is 236 g/mol. The summed E-state index contributed by atoms with van der Waals surface area (Å²) in [6.07, 6.45) is 6.12. The molecule has 0 spiro atoms. The van der Waals surface area contributed by atoms with E-state index < -0.39 is 0 Å². The second-order valence-corrected chi connectivity index (χ2v) is 5.81. The Bertz CT molecular complexity index is 533. The SMILES string of the molecule is CC(C)(C)c1ccc(CCC(=O)n2ccnc2)cc1. The van der Waals surface area contributed by atoms with Crippen LogP contribution in [-0.4, -0.2) is 15.5 Å². The highest BCUT2D eigenvalue weighted by molar-refractivity contribution is 5.78. The minimum absolute atomic E-state index is 0.0809. The van der Waals surface area contributed by atoms with Crippen molar-refractivity contribution in [2.45, 2.75) is 39.0 Å². The molecule has 2 aromatic rings. The lowest BCUT2D eigenvalue weighted by Gasteiger charge is -2.19. The van der Waals surface area contributed by atoms with Gasteiger partial charge >= 0.3 is 0 Å². The zero-order valence-corrected chi connectivity index (χ0v) is 11.8. The Balaban J connectivity index is 1.95. The van der Waals surface area contributed by atoms with E-state index in [1.807, 2.05) is 0 Å². The van der Waals surface area contributed by atoms with Crippen molar-refractivity contribution < 1.29 is 4.79 Å². The first-order chi connectivity index (χ1) is 8.97. The molecule has 100 valence electrons. The standard InChI is InChI=1S/C16H20N2O/c1-16(2,3)14-7-4-13(5-8-14)6-9-15(19)18-11-10-17-12-18/h4-5,7-8,10-12H,6,9H2,1-3H3. The van der Waals surface area contributed by atoms with Crippen molar-refractivity contribution >= 4 is 5.91 Å². The number of carbonyl (C=O) groups excluding carboxylic acids is 1. The maximum Gasteiger partial charge on any atom is 0.232 e. The van der Waals surface area contributed by atoms with Gasteiger partial charge in [-0.1, -0.05) is 45.0 Å². The molecule has 19 heavy (non-hydrogen) atoms. The fourth-order valence-corrected chi connectivity index (χ4v) is 1.96. The number of aromatic nitrogens is 2.